The number of halogens is 1. The molecule has 0 atom stereocenters. The Labute approximate surface area is 146 Å². The Hall–Kier alpha value is -1.77. The van der Waals surface area contributed by atoms with Crippen molar-refractivity contribution in [1.29, 1.82) is 0 Å². The zero-order valence-corrected chi connectivity index (χ0v) is 14.6. The minimum Gasteiger partial charge on any atom is -0.378 e. The van der Waals surface area contributed by atoms with E-state index in [1.165, 1.54) is 11.3 Å². The first-order chi connectivity index (χ1) is 11.2. The summed E-state index contributed by atoms with van der Waals surface area (Å²) in [6, 6.07) is 7.64. The standard InChI is InChI=1S/C15H15BrN4O2S/c16-12-4-2-1-3-11(12)9-17-19-14(21)13-10-23-15(18-13)20-5-7-22-8-6-20/h1-4,9-10H,5-8H2,(H,19,21)/b17-9+. The van der Waals surface area contributed by atoms with Crippen LogP contribution in [-0.4, -0.2) is 43.4 Å². The van der Waals surface area contributed by atoms with E-state index < -0.39 is 0 Å². The minimum absolute atomic E-state index is 0.316. The Bertz CT molecular complexity index is 713. The van der Waals surface area contributed by atoms with Crippen molar-refractivity contribution < 1.29 is 9.53 Å². The lowest BCUT2D eigenvalue weighted by atomic mass is 10.2. The molecule has 6 nitrogen and oxygen atoms in total. The summed E-state index contributed by atoms with van der Waals surface area (Å²) >= 11 is 4.88. The van der Waals surface area contributed by atoms with Crippen molar-refractivity contribution >= 4 is 44.5 Å². The van der Waals surface area contributed by atoms with E-state index in [1.54, 1.807) is 11.6 Å². The number of hydrogen-bond donors (Lipinski definition) is 1. The van der Waals surface area contributed by atoms with Gasteiger partial charge in [-0.1, -0.05) is 34.1 Å². The van der Waals surface area contributed by atoms with Crippen LogP contribution < -0.4 is 10.3 Å². The quantitative estimate of drug-likeness (QED) is 0.638. The van der Waals surface area contributed by atoms with Gasteiger partial charge in [-0.25, -0.2) is 10.4 Å². The van der Waals surface area contributed by atoms with E-state index in [0.29, 0.717) is 18.9 Å². The Morgan fingerprint density at radius 1 is 1.39 bits per heavy atom. The zero-order valence-electron chi connectivity index (χ0n) is 12.2. The van der Waals surface area contributed by atoms with Crippen molar-refractivity contribution in [3.63, 3.8) is 0 Å². The van der Waals surface area contributed by atoms with E-state index in [4.69, 9.17) is 4.74 Å². The number of amides is 1. The highest BCUT2D eigenvalue weighted by atomic mass is 79.9. The van der Waals surface area contributed by atoms with Gasteiger partial charge in [-0.05, 0) is 6.07 Å². The van der Waals surface area contributed by atoms with Crippen molar-refractivity contribution in [3.05, 3.63) is 45.4 Å². The summed E-state index contributed by atoms with van der Waals surface area (Å²) in [5.41, 5.74) is 3.77. The van der Waals surface area contributed by atoms with Crippen LogP contribution in [-0.2, 0) is 4.74 Å². The topological polar surface area (TPSA) is 66.8 Å². The van der Waals surface area contributed by atoms with Gasteiger partial charge >= 0.3 is 0 Å². The fraction of sp³-hybridized carbons (Fsp3) is 0.267. The summed E-state index contributed by atoms with van der Waals surface area (Å²) in [6.07, 6.45) is 1.59. The number of anilines is 1. The normalized spacial score (nSPS) is 15.1. The van der Waals surface area contributed by atoms with Crippen molar-refractivity contribution in [2.24, 2.45) is 5.10 Å². The molecule has 120 valence electrons. The van der Waals surface area contributed by atoms with Crippen LogP contribution in [0.3, 0.4) is 0 Å². The number of aromatic nitrogens is 1. The molecule has 0 aliphatic carbocycles. The zero-order chi connectivity index (χ0) is 16.1. The molecule has 1 amide bonds. The molecular weight excluding hydrogens is 380 g/mol. The van der Waals surface area contributed by atoms with Gasteiger partial charge in [0.25, 0.3) is 5.91 Å². The minimum atomic E-state index is -0.316. The molecule has 0 spiro atoms. The lowest BCUT2D eigenvalue weighted by molar-refractivity contribution is 0.0951. The smallest absolute Gasteiger partial charge is 0.290 e. The highest BCUT2D eigenvalue weighted by molar-refractivity contribution is 9.10. The SMILES string of the molecule is O=C(N/N=C/c1ccccc1Br)c1csc(N2CCOCC2)n1. The van der Waals surface area contributed by atoms with Gasteiger partial charge < -0.3 is 9.64 Å². The highest BCUT2D eigenvalue weighted by Gasteiger charge is 2.17. The number of hydrogen-bond acceptors (Lipinski definition) is 6. The summed E-state index contributed by atoms with van der Waals surface area (Å²) in [5, 5.41) is 6.56. The highest BCUT2D eigenvalue weighted by Crippen LogP contribution is 2.21. The number of benzene rings is 1. The van der Waals surface area contributed by atoms with Gasteiger partial charge in [0.15, 0.2) is 5.13 Å². The Morgan fingerprint density at radius 2 is 2.17 bits per heavy atom. The molecule has 0 bridgehead atoms. The van der Waals surface area contributed by atoms with Crippen LogP contribution in [0.15, 0.2) is 39.2 Å². The molecule has 0 radical (unpaired) electrons. The van der Waals surface area contributed by atoms with Crippen LogP contribution in [0.2, 0.25) is 0 Å². The first-order valence-electron chi connectivity index (χ1n) is 7.10. The second-order valence-electron chi connectivity index (χ2n) is 4.84. The molecule has 1 aliphatic rings. The molecule has 0 unspecified atom stereocenters. The molecular formula is C15H15BrN4O2S. The molecule has 1 saturated heterocycles. The van der Waals surface area contributed by atoms with Crippen LogP contribution in [0, 0.1) is 0 Å². The lowest BCUT2D eigenvalue weighted by Gasteiger charge is -2.25. The number of nitrogens with zero attached hydrogens (tertiary/aromatic N) is 3. The van der Waals surface area contributed by atoms with Crippen LogP contribution in [0.4, 0.5) is 5.13 Å². The molecule has 0 saturated carbocycles. The van der Waals surface area contributed by atoms with Gasteiger partial charge in [0.2, 0.25) is 0 Å². The van der Waals surface area contributed by atoms with Gasteiger partial charge in [0.1, 0.15) is 5.69 Å². The van der Waals surface area contributed by atoms with Gasteiger partial charge in [0, 0.05) is 28.5 Å². The van der Waals surface area contributed by atoms with Gasteiger partial charge in [-0.15, -0.1) is 11.3 Å². The maximum atomic E-state index is 12.1. The number of rotatable bonds is 4. The molecule has 2 heterocycles. The van der Waals surface area contributed by atoms with Gasteiger partial charge in [-0.3, -0.25) is 4.79 Å². The van der Waals surface area contributed by atoms with Crippen molar-refractivity contribution in [2.75, 3.05) is 31.2 Å². The van der Waals surface area contributed by atoms with Crippen molar-refractivity contribution in [2.45, 2.75) is 0 Å². The summed E-state index contributed by atoms with van der Waals surface area (Å²) in [6.45, 7) is 2.98. The van der Waals surface area contributed by atoms with Gasteiger partial charge in [-0.2, -0.15) is 5.10 Å². The van der Waals surface area contributed by atoms with E-state index in [9.17, 15) is 4.79 Å². The molecule has 2 aromatic rings. The Kier molecular flexibility index (Phi) is 5.37. The van der Waals surface area contributed by atoms with Crippen LogP contribution in [0.1, 0.15) is 16.1 Å². The number of carbonyl (C=O) groups excluding carboxylic acids is 1. The molecule has 8 heteroatoms. The summed E-state index contributed by atoms with van der Waals surface area (Å²) < 4.78 is 6.23. The fourth-order valence-electron chi connectivity index (χ4n) is 2.07. The van der Waals surface area contributed by atoms with E-state index >= 15 is 0 Å². The molecule has 1 aromatic carbocycles. The number of morpholine rings is 1. The largest absolute Gasteiger partial charge is 0.378 e. The Morgan fingerprint density at radius 3 is 2.96 bits per heavy atom. The first kappa shape index (κ1) is 16.1. The van der Waals surface area contributed by atoms with E-state index in [0.717, 1.165) is 28.3 Å². The first-order valence-corrected chi connectivity index (χ1v) is 8.77. The third-order valence-electron chi connectivity index (χ3n) is 3.28. The van der Waals surface area contributed by atoms with E-state index in [-0.39, 0.29) is 5.91 Å². The molecule has 1 fully saturated rings. The Balaban J connectivity index is 1.60. The van der Waals surface area contributed by atoms with Crippen LogP contribution in [0.5, 0.6) is 0 Å². The predicted octanol–water partition coefficient (Wildman–Crippen LogP) is 2.51. The molecule has 1 aliphatic heterocycles. The second kappa shape index (κ2) is 7.67. The monoisotopic (exact) mass is 394 g/mol. The predicted molar refractivity (Wildman–Crippen MR) is 94.3 cm³/mol. The average Bonchev–Trinajstić information content (AvgIpc) is 3.07. The maximum absolute atomic E-state index is 12.1. The second-order valence-corrected chi connectivity index (χ2v) is 6.53. The molecule has 1 N–H and O–H groups in total. The summed E-state index contributed by atoms with van der Waals surface area (Å²) in [5.74, 6) is -0.316. The summed E-state index contributed by atoms with van der Waals surface area (Å²) in [7, 11) is 0. The third-order valence-corrected chi connectivity index (χ3v) is 4.90. The van der Waals surface area contributed by atoms with Crippen LogP contribution >= 0.6 is 27.3 Å². The number of thiazole rings is 1. The number of nitrogens with one attached hydrogen (secondary N) is 1. The molecule has 1 aromatic heterocycles. The van der Waals surface area contributed by atoms with E-state index in [1.807, 2.05) is 24.3 Å². The maximum Gasteiger partial charge on any atom is 0.290 e. The summed E-state index contributed by atoms with van der Waals surface area (Å²) in [4.78, 5) is 18.6. The fourth-order valence-corrected chi connectivity index (χ4v) is 3.31. The van der Waals surface area contributed by atoms with Gasteiger partial charge in [0.05, 0.1) is 19.4 Å². The number of ether oxygens (including phenoxy) is 1. The van der Waals surface area contributed by atoms with Crippen molar-refractivity contribution in [3.8, 4) is 0 Å². The van der Waals surface area contributed by atoms with E-state index in [2.05, 4.69) is 36.3 Å². The lowest BCUT2D eigenvalue weighted by Crippen LogP contribution is -2.36. The molecule has 3 rings (SSSR count). The number of carbonyl (C=O) groups is 1. The number of hydrazone groups is 1. The third kappa shape index (κ3) is 4.15. The van der Waals surface area contributed by atoms with Crippen molar-refractivity contribution in [1.82, 2.24) is 10.4 Å². The average molecular weight is 395 g/mol. The molecule has 23 heavy (non-hydrogen) atoms. The van der Waals surface area contributed by atoms with Crippen LogP contribution in [0.25, 0.3) is 0 Å².